The summed E-state index contributed by atoms with van der Waals surface area (Å²) in [7, 11) is 1.55. The topological polar surface area (TPSA) is 63.6 Å². The fraction of sp³-hybridized carbons (Fsp3) is 0.125. The van der Waals surface area contributed by atoms with Gasteiger partial charge in [-0.1, -0.05) is 18.2 Å². The van der Waals surface area contributed by atoms with Crippen molar-refractivity contribution >= 4 is 11.8 Å². The van der Waals surface area contributed by atoms with Gasteiger partial charge in [0, 0.05) is 11.1 Å². The predicted octanol–water partition coefficient (Wildman–Crippen LogP) is 2.93. The number of ether oxygens (including phenoxy) is 1. The summed E-state index contributed by atoms with van der Waals surface area (Å²) in [5, 5.41) is 9.14. The van der Waals surface area contributed by atoms with E-state index < -0.39 is 5.97 Å². The molecule has 2 rings (SSSR count). The summed E-state index contributed by atoms with van der Waals surface area (Å²) in [4.78, 5) is 23.7. The summed E-state index contributed by atoms with van der Waals surface area (Å²) in [5.41, 5.74) is 1.41. The molecular weight excluding hydrogens is 256 g/mol. The number of carbonyl (C=O) groups is 2. The maximum atomic E-state index is 12.5. The SMILES string of the molecule is COc1ccc(C(=O)c2ccccc2C(=O)O)c(C)c1. The molecule has 0 amide bonds. The number of aryl methyl sites for hydroxylation is 1. The highest BCUT2D eigenvalue weighted by Crippen LogP contribution is 2.21. The highest BCUT2D eigenvalue weighted by Gasteiger charge is 2.18. The number of methoxy groups -OCH3 is 1. The van der Waals surface area contributed by atoms with Gasteiger partial charge in [-0.2, -0.15) is 0 Å². The fourth-order valence-electron chi connectivity index (χ4n) is 2.03. The van der Waals surface area contributed by atoms with Crippen molar-refractivity contribution in [2.24, 2.45) is 0 Å². The lowest BCUT2D eigenvalue weighted by Gasteiger charge is -2.09. The number of carboxylic acid groups (broad SMARTS) is 1. The minimum atomic E-state index is -1.11. The van der Waals surface area contributed by atoms with Gasteiger partial charge in [0.1, 0.15) is 5.75 Å². The van der Waals surface area contributed by atoms with Gasteiger partial charge in [-0.3, -0.25) is 4.79 Å². The van der Waals surface area contributed by atoms with Gasteiger partial charge in [0.05, 0.1) is 12.7 Å². The molecule has 4 nitrogen and oxygen atoms in total. The van der Waals surface area contributed by atoms with Crippen LogP contribution < -0.4 is 4.74 Å². The predicted molar refractivity (Wildman–Crippen MR) is 74.6 cm³/mol. The summed E-state index contributed by atoms with van der Waals surface area (Å²) < 4.78 is 5.09. The first-order valence-electron chi connectivity index (χ1n) is 6.06. The number of carbonyl (C=O) groups excluding carboxylic acids is 1. The normalized spacial score (nSPS) is 10.1. The molecule has 0 atom stereocenters. The molecule has 20 heavy (non-hydrogen) atoms. The Hall–Kier alpha value is -2.62. The minimum Gasteiger partial charge on any atom is -0.497 e. The van der Waals surface area contributed by atoms with Crippen LogP contribution >= 0.6 is 0 Å². The van der Waals surface area contributed by atoms with Gasteiger partial charge in [0.15, 0.2) is 5.78 Å². The second-order valence-electron chi connectivity index (χ2n) is 4.36. The largest absolute Gasteiger partial charge is 0.497 e. The second kappa shape index (κ2) is 5.57. The number of benzene rings is 2. The highest BCUT2D eigenvalue weighted by atomic mass is 16.5. The zero-order valence-electron chi connectivity index (χ0n) is 11.2. The first-order valence-corrected chi connectivity index (χ1v) is 6.06. The molecule has 0 radical (unpaired) electrons. The van der Waals surface area contributed by atoms with Gasteiger partial charge < -0.3 is 9.84 Å². The molecule has 0 aromatic heterocycles. The van der Waals surface area contributed by atoms with Gasteiger partial charge >= 0.3 is 5.97 Å². The number of hydrogen-bond acceptors (Lipinski definition) is 3. The first-order chi connectivity index (χ1) is 9.54. The van der Waals surface area contributed by atoms with E-state index in [1.54, 1.807) is 44.4 Å². The van der Waals surface area contributed by atoms with Crippen LogP contribution in [-0.2, 0) is 0 Å². The molecule has 0 heterocycles. The van der Waals surface area contributed by atoms with E-state index in [1.807, 2.05) is 0 Å². The first kappa shape index (κ1) is 13.8. The lowest BCUT2D eigenvalue weighted by molar-refractivity contribution is 0.0692. The molecule has 1 N–H and O–H groups in total. The highest BCUT2D eigenvalue weighted by molar-refractivity contribution is 6.14. The Kier molecular flexibility index (Phi) is 3.84. The molecule has 0 spiro atoms. The van der Waals surface area contributed by atoms with Crippen molar-refractivity contribution in [1.82, 2.24) is 0 Å². The Bertz CT molecular complexity index is 674. The average molecular weight is 270 g/mol. The number of aromatic carboxylic acids is 1. The Morgan fingerprint density at radius 3 is 2.20 bits per heavy atom. The van der Waals surface area contributed by atoms with Crippen molar-refractivity contribution in [3.8, 4) is 5.75 Å². The van der Waals surface area contributed by atoms with E-state index in [4.69, 9.17) is 9.84 Å². The van der Waals surface area contributed by atoms with Crippen LogP contribution in [0.4, 0.5) is 0 Å². The second-order valence-corrected chi connectivity index (χ2v) is 4.36. The number of hydrogen-bond donors (Lipinski definition) is 1. The quantitative estimate of drug-likeness (QED) is 0.867. The van der Waals surface area contributed by atoms with Crippen molar-refractivity contribution in [2.45, 2.75) is 6.92 Å². The molecular formula is C16H14O4. The average Bonchev–Trinajstić information content (AvgIpc) is 2.46. The van der Waals surface area contributed by atoms with Crippen molar-refractivity contribution in [1.29, 1.82) is 0 Å². The Labute approximate surface area is 116 Å². The van der Waals surface area contributed by atoms with Gasteiger partial charge in [0.25, 0.3) is 0 Å². The van der Waals surface area contributed by atoms with E-state index in [2.05, 4.69) is 0 Å². The maximum Gasteiger partial charge on any atom is 0.336 e. The van der Waals surface area contributed by atoms with Crippen LogP contribution in [-0.4, -0.2) is 24.0 Å². The molecule has 0 aliphatic carbocycles. The standard InChI is InChI=1S/C16H14O4/c1-10-9-11(20-2)7-8-12(10)15(17)13-5-3-4-6-14(13)16(18)19/h3-9H,1-2H3,(H,18,19). The van der Waals surface area contributed by atoms with E-state index in [-0.39, 0.29) is 16.9 Å². The zero-order valence-corrected chi connectivity index (χ0v) is 11.2. The molecule has 2 aromatic rings. The molecule has 2 aromatic carbocycles. The molecule has 0 saturated carbocycles. The van der Waals surface area contributed by atoms with Crippen LogP contribution in [0.1, 0.15) is 31.8 Å². The summed E-state index contributed by atoms with van der Waals surface area (Å²) >= 11 is 0. The van der Waals surface area contributed by atoms with Crippen molar-refractivity contribution in [3.05, 3.63) is 64.7 Å². The van der Waals surface area contributed by atoms with Gasteiger partial charge in [-0.15, -0.1) is 0 Å². The molecule has 0 bridgehead atoms. The Balaban J connectivity index is 2.49. The van der Waals surface area contributed by atoms with Crippen molar-refractivity contribution in [2.75, 3.05) is 7.11 Å². The van der Waals surface area contributed by atoms with Crippen LogP contribution in [0.25, 0.3) is 0 Å². The van der Waals surface area contributed by atoms with Crippen molar-refractivity contribution < 1.29 is 19.4 Å². The van der Waals surface area contributed by atoms with Gasteiger partial charge in [-0.25, -0.2) is 4.79 Å². The van der Waals surface area contributed by atoms with E-state index in [0.717, 1.165) is 5.56 Å². The Morgan fingerprint density at radius 1 is 1.00 bits per heavy atom. The van der Waals surface area contributed by atoms with Crippen molar-refractivity contribution in [3.63, 3.8) is 0 Å². The fourth-order valence-corrected chi connectivity index (χ4v) is 2.03. The van der Waals surface area contributed by atoms with Gasteiger partial charge in [-0.05, 0) is 36.8 Å². The summed E-state index contributed by atoms with van der Waals surface area (Å²) in [6.07, 6.45) is 0. The summed E-state index contributed by atoms with van der Waals surface area (Å²) in [6, 6.07) is 11.3. The van der Waals surface area contributed by atoms with Crippen LogP contribution in [0.3, 0.4) is 0 Å². The van der Waals surface area contributed by atoms with E-state index in [0.29, 0.717) is 11.3 Å². The summed E-state index contributed by atoms with van der Waals surface area (Å²) in [5.74, 6) is -0.756. The van der Waals surface area contributed by atoms with E-state index in [9.17, 15) is 9.59 Å². The molecule has 0 aliphatic rings. The third kappa shape index (κ3) is 2.54. The van der Waals surface area contributed by atoms with Gasteiger partial charge in [0.2, 0.25) is 0 Å². The number of rotatable bonds is 4. The Morgan fingerprint density at radius 2 is 1.65 bits per heavy atom. The smallest absolute Gasteiger partial charge is 0.336 e. The monoisotopic (exact) mass is 270 g/mol. The molecule has 0 unspecified atom stereocenters. The number of carboxylic acids is 1. The zero-order chi connectivity index (χ0) is 14.7. The minimum absolute atomic E-state index is 0.00715. The third-order valence-corrected chi connectivity index (χ3v) is 3.08. The number of ketones is 1. The molecule has 4 heteroatoms. The van der Waals surface area contributed by atoms with Crippen LogP contribution in [0.2, 0.25) is 0 Å². The molecule has 0 fully saturated rings. The third-order valence-electron chi connectivity index (χ3n) is 3.08. The van der Waals surface area contributed by atoms with Crippen LogP contribution in [0.15, 0.2) is 42.5 Å². The van der Waals surface area contributed by atoms with E-state index in [1.165, 1.54) is 12.1 Å². The lowest BCUT2D eigenvalue weighted by atomic mass is 9.95. The molecule has 102 valence electrons. The summed E-state index contributed by atoms with van der Waals surface area (Å²) in [6.45, 7) is 1.79. The lowest BCUT2D eigenvalue weighted by Crippen LogP contribution is -2.10. The molecule has 0 saturated heterocycles. The maximum absolute atomic E-state index is 12.5. The van der Waals surface area contributed by atoms with Crippen LogP contribution in [0, 0.1) is 6.92 Å². The van der Waals surface area contributed by atoms with E-state index >= 15 is 0 Å². The molecule has 0 aliphatic heterocycles. The van der Waals surface area contributed by atoms with Crippen LogP contribution in [0.5, 0.6) is 5.75 Å².